The minimum atomic E-state index is -0.422. The summed E-state index contributed by atoms with van der Waals surface area (Å²) >= 11 is 6.28. The van der Waals surface area contributed by atoms with Crippen molar-refractivity contribution in [3.8, 4) is 5.75 Å². The third-order valence-corrected chi connectivity index (χ3v) is 5.06. The molecule has 0 heterocycles. The van der Waals surface area contributed by atoms with Gasteiger partial charge in [0.15, 0.2) is 0 Å². The fourth-order valence-corrected chi connectivity index (χ4v) is 3.50. The molecule has 126 valence electrons. The Kier molecular flexibility index (Phi) is 4.81. The van der Waals surface area contributed by atoms with E-state index < -0.39 is 5.41 Å². The third-order valence-electron chi connectivity index (χ3n) is 4.73. The lowest BCUT2D eigenvalue weighted by atomic mass is 9.95. The SMILES string of the molecule is COc1ccc(CCNC(=O)C2(c3ccccc3Cl)CC2)cc1C. The molecule has 1 N–H and O–H groups in total. The second-order valence-electron chi connectivity index (χ2n) is 6.37. The van der Waals surface area contributed by atoms with Gasteiger partial charge < -0.3 is 10.1 Å². The molecule has 0 spiro atoms. The average Bonchev–Trinajstić information content (AvgIpc) is 3.37. The fourth-order valence-electron chi connectivity index (χ4n) is 3.18. The van der Waals surface area contributed by atoms with Crippen LogP contribution in [0.2, 0.25) is 5.02 Å². The molecule has 0 aliphatic heterocycles. The van der Waals surface area contributed by atoms with E-state index in [1.165, 1.54) is 5.56 Å². The highest BCUT2D eigenvalue weighted by Crippen LogP contribution is 2.50. The van der Waals surface area contributed by atoms with Crippen LogP contribution >= 0.6 is 11.6 Å². The minimum absolute atomic E-state index is 0.0841. The van der Waals surface area contributed by atoms with Crippen molar-refractivity contribution in [3.63, 3.8) is 0 Å². The Morgan fingerprint density at radius 2 is 2.00 bits per heavy atom. The van der Waals surface area contributed by atoms with Crippen LogP contribution in [0.15, 0.2) is 42.5 Å². The van der Waals surface area contributed by atoms with Crippen molar-refractivity contribution in [2.75, 3.05) is 13.7 Å². The van der Waals surface area contributed by atoms with E-state index in [0.717, 1.165) is 36.1 Å². The molecular weight excluding hydrogens is 322 g/mol. The quantitative estimate of drug-likeness (QED) is 0.859. The summed E-state index contributed by atoms with van der Waals surface area (Å²) in [5, 5.41) is 3.76. The van der Waals surface area contributed by atoms with E-state index in [-0.39, 0.29) is 5.91 Å². The number of carbonyl (C=O) groups is 1. The van der Waals surface area contributed by atoms with Gasteiger partial charge in [0, 0.05) is 11.6 Å². The van der Waals surface area contributed by atoms with Crippen LogP contribution < -0.4 is 10.1 Å². The molecule has 4 heteroatoms. The molecule has 1 fully saturated rings. The van der Waals surface area contributed by atoms with E-state index in [9.17, 15) is 4.79 Å². The summed E-state index contributed by atoms with van der Waals surface area (Å²) in [6, 6.07) is 13.8. The number of ether oxygens (including phenoxy) is 1. The Bertz CT molecular complexity index is 753. The standard InChI is InChI=1S/C20H22ClNO2/c1-14-13-15(7-8-18(14)24-2)9-12-22-19(23)20(10-11-20)16-5-3-4-6-17(16)21/h3-8,13H,9-12H2,1-2H3,(H,22,23). The van der Waals surface area contributed by atoms with Gasteiger partial charge in [-0.3, -0.25) is 4.79 Å². The first-order valence-electron chi connectivity index (χ1n) is 8.24. The zero-order chi connectivity index (χ0) is 17.2. The van der Waals surface area contributed by atoms with Gasteiger partial charge in [-0.05, 0) is 55.0 Å². The first kappa shape index (κ1) is 16.8. The van der Waals surface area contributed by atoms with Crippen molar-refractivity contribution in [1.82, 2.24) is 5.32 Å². The number of amides is 1. The largest absolute Gasteiger partial charge is 0.496 e. The van der Waals surface area contributed by atoms with Gasteiger partial charge in [-0.25, -0.2) is 0 Å². The van der Waals surface area contributed by atoms with Crippen molar-refractivity contribution in [3.05, 3.63) is 64.2 Å². The van der Waals surface area contributed by atoms with Crippen molar-refractivity contribution in [2.45, 2.75) is 31.6 Å². The lowest BCUT2D eigenvalue weighted by molar-refractivity contribution is -0.123. The number of nitrogens with one attached hydrogen (secondary N) is 1. The molecular formula is C20H22ClNO2. The van der Waals surface area contributed by atoms with Crippen molar-refractivity contribution >= 4 is 17.5 Å². The van der Waals surface area contributed by atoms with Crippen LogP contribution in [0.25, 0.3) is 0 Å². The smallest absolute Gasteiger partial charge is 0.230 e. The zero-order valence-corrected chi connectivity index (χ0v) is 14.8. The van der Waals surface area contributed by atoms with Gasteiger partial charge in [0.05, 0.1) is 12.5 Å². The monoisotopic (exact) mass is 343 g/mol. The van der Waals surface area contributed by atoms with Gasteiger partial charge >= 0.3 is 0 Å². The Hall–Kier alpha value is -2.00. The highest BCUT2D eigenvalue weighted by molar-refractivity contribution is 6.31. The number of aryl methyl sites for hydroxylation is 1. The number of halogens is 1. The van der Waals surface area contributed by atoms with Gasteiger partial charge in [-0.1, -0.05) is 41.9 Å². The van der Waals surface area contributed by atoms with Crippen LogP contribution in [0.1, 0.15) is 29.5 Å². The highest BCUT2D eigenvalue weighted by Gasteiger charge is 2.52. The molecule has 0 bridgehead atoms. The molecule has 2 aromatic rings. The van der Waals surface area contributed by atoms with Gasteiger partial charge in [0.25, 0.3) is 0 Å². The van der Waals surface area contributed by atoms with Crippen molar-refractivity contribution in [2.24, 2.45) is 0 Å². The molecule has 24 heavy (non-hydrogen) atoms. The summed E-state index contributed by atoms with van der Waals surface area (Å²) in [6.07, 6.45) is 2.53. The topological polar surface area (TPSA) is 38.3 Å². The van der Waals surface area contributed by atoms with E-state index >= 15 is 0 Å². The molecule has 0 radical (unpaired) electrons. The van der Waals surface area contributed by atoms with Crippen LogP contribution in [-0.4, -0.2) is 19.6 Å². The van der Waals surface area contributed by atoms with Gasteiger partial charge in [-0.2, -0.15) is 0 Å². The van der Waals surface area contributed by atoms with Gasteiger partial charge in [0.1, 0.15) is 5.75 Å². The maximum atomic E-state index is 12.6. The molecule has 1 amide bonds. The van der Waals surface area contributed by atoms with E-state index in [4.69, 9.17) is 16.3 Å². The minimum Gasteiger partial charge on any atom is -0.496 e. The first-order chi connectivity index (χ1) is 11.6. The maximum Gasteiger partial charge on any atom is 0.230 e. The number of rotatable bonds is 6. The average molecular weight is 344 g/mol. The summed E-state index contributed by atoms with van der Waals surface area (Å²) < 4.78 is 5.27. The van der Waals surface area contributed by atoms with Crippen LogP contribution in [-0.2, 0) is 16.6 Å². The Morgan fingerprint density at radius 3 is 2.62 bits per heavy atom. The molecule has 3 nitrogen and oxygen atoms in total. The Balaban J connectivity index is 1.60. The van der Waals surface area contributed by atoms with Crippen molar-refractivity contribution in [1.29, 1.82) is 0 Å². The second-order valence-corrected chi connectivity index (χ2v) is 6.78. The van der Waals surface area contributed by atoms with E-state index in [0.29, 0.717) is 11.6 Å². The number of hydrogen-bond acceptors (Lipinski definition) is 2. The number of methoxy groups -OCH3 is 1. The van der Waals surface area contributed by atoms with Crippen molar-refractivity contribution < 1.29 is 9.53 Å². The summed E-state index contributed by atoms with van der Waals surface area (Å²) in [5.41, 5.74) is 2.82. The van der Waals surface area contributed by atoms with Crippen LogP contribution in [0, 0.1) is 6.92 Å². The molecule has 1 aliphatic carbocycles. The molecule has 1 aliphatic rings. The molecule has 0 saturated heterocycles. The zero-order valence-electron chi connectivity index (χ0n) is 14.1. The van der Waals surface area contributed by atoms with Crippen LogP contribution in [0.3, 0.4) is 0 Å². The molecule has 0 aromatic heterocycles. The second kappa shape index (κ2) is 6.86. The number of benzene rings is 2. The maximum absolute atomic E-state index is 12.6. The first-order valence-corrected chi connectivity index (χ1v) is 8.61. The van der Waals surface area contributed by atoms with E-state index in [1.54, 1.807) is 7.11 Å². The fraction of sp³-hybridized carbons (Fsp3) is 0.350. The van der Waals surface area contributed by atoms with Gasteiger partial charge in [0.2, 0.25) is 5.91 Å². The van der Waals surface area contributed by atoms with Crippen LogP contribution in [0.5, 0.6) is 5.75 Å². The Labute approximate surface area is 148 Å². The lowest BCUT2D eigenvalue weighted by Crippen LogP contribution is -2.36. The van der Waals surface area contributed by atoms with Crippen LogP contribution in [0.4, 0.5) is 0 Å². The van der Waals surface area contributed by atoms with Gasteiger partial charge in [-0.15, -0.1) is 0 Å². The molecule has 0 unspecified atom stereocenters. The van der Waals surface area contributed by atoms with E-state index in [2.05, 4.69) is 11.4 Å². The number of hydrogen-bond donors (Lipinski definition) is 1. The highest BCUT2D eigenvalue weighted by atomic mass is 35.5. The Morgan fingerprint density at radius 1 is 1.25 bits per heavy atom. The lowest BCUT2D eigenvalue weighted by Gasteiger charge is -2.17. The predicted molar refractivity (Wildman–Crippen MR) is 96.8 cm³/mol. The molecule has 1 saturated carbocycles. The summed E-state index contributed by atoms with van der Waals surface area (Å²) in [4.78, 5) is 12.6. The molecule has 0 atom stereocenters. The normalized spacial score (nSPS) is 15.0. The molecule has 2 aromatic carbocycles. The predicted octanol–water partition coefficient (Wildman–Crippen LogP) is 4.05. The molecule has 3 rings (SSSR count). The summed E-state index contributed by atoms with van der Waals surface area (Å²) in [7, 11) is 1.67. The third kappa shape index (κ3) is 3.27. The van der Waals surface area contributed by atoms with E-state index in [1.807, 2.05) is 43.3 Å². The number of carbonyl (C=O) groups excluding carboxylic acids is 1. The summed E-state index contributed by atoms with van der Waals surface area (Å²) in [5.74, 6) is 0.972. The summed E-state index contributed by atoms with van der Waals surface area (Å²) in [6.45, 7) is 2.65.